The number of carbonyl (C=O) groups is 1. The van der Waals surface area contributed by atoms with Crippen molar-refractivity contribution in [2.45, 2.75) is 51.6 Å². The molecule has 3 aromatic carbocycles. The normalized spacial score (nSPS) is 13.8. The number of amides is 1. The summed E-state index contributed by atoms with van der Waals surface area (Å²) in [7, 11) is 0. The van der Waals surface area contributed by atoms with E-state index in [2.05, 4.69) is 16.7 Å². The zero-order valence-corrected chi connectivity index (χ0v) is 22.9. The Kier molecular flexibility index (Phi) is 9.72. The first kappa shape index (κ1) is 29.4. The van der Waals surface area contributed by atoms with Crippen LogP contribution in [-0.2, 0) is 4.79 Å². The second-order valence-electron chi connectivity index (χ2n) is 10.4. The Balaban J connectivity index is 2.12. The fourth-order valence-electron chi connectivity index (χ4n) is 4.35. The van der Waals surface area contributed by atoms with Crippen molar-refractivity contribution < 1.29 is 13.6 Å². The van der Waals surface area contributed by atoms with Gasteiger partial charge in [0.05, 0.1) is 17.1 Å². The van der Waals surface area contributed by atoms with Gasteiger partial charge in [-0.25, -0.2) is 8.78 Å². The summed E-state index contributed by atoms with van der Waals surface area (Å²) < 4.78 is 30.4. The predicted molar refractivity (Wildman–Crippen MR) is 149 cm³/mol. The lowest BCUT2D eigenvalue weighted by atomic mass is 9.82. The highest BCUT2D eigenvalue weighted by Gasteiger charge is 2.35. The Bertz CT molecular complexity index is 1320. The number of hydrogen-bond donors (Lipinski definition) is 3. The number of hydrogen-bond acceptors (Lipinski definition) is 4. The van der Waals surface area contributed by atoms with Crippen LogP contribution in [0.4, 0.5) is 20.2 Å². The standard InChI is InChI=1S/C29H30Cl2F2N4O/c1-29(2,3)16-25(22-12-7-17(30)15-24(22)32)37-27(28(38)36-19-10-8-18(35)9-11-19)21(13-14-34)20-5-4-6-23(31)26(20)33/h4-12,15,21,25,27,37H,13,16,35H2,1-3H3,(H,36,38)/t21-,25?,27+/m0/s1. The van der Waals surface area contributed by atoms with Crippen molar-refractivity contribution in [2.75, 3.05) is 11.1 Å². The van der Waals surface area contributed by atoms with Gasteiger partial charge in [0, 0.05) is 40.3 Å². The van der Waals surface area contributed by atoms with Crippen molar-refractivity contribution in [3.63, 3.8) is 0 Å². The maximum absolute atomic E-state index is 15.2. The smallest absolute Gasteiger partial charge is 0.242 e. The Morgan fingerprint density at radius 3 is 2.34 bits per heavy atom. The first-order chi connectivity index (χ1) is 17.9. The summed E-state index contributed by atoms with van der Waals surface area (Å²) in [5.74, 6) is -2.72. The first-order valence-corrected chi connectivity index (χ1v) is 12.8. The van der Waals surface area contributed by atoms with Crippen molar-refractivity contribution in [2.24, 2.45) is 5.41 Å². The molecule has 0 aliphatic rings. The molecule has 0 radical (unpaired) electrons. The topological polar surface area (TPSA) is 90.9 Å². The van der Waals surface area contributed by atoms with Crippen LogP contribution in [0.15, 0.2) is 60.7 Å². The fraction of sp³-hybridized carbons (Fsp3) is 0.310. The molecular weight excluding hydrogens is 529 g/mol. The molecule has 0 spiro atoms. The minimum absolute atomic E-state index is 0.107. The Morgan fingerprint density at radius 2 is 1.74 bits per heavy atom. The van der Waals surface area contributed by atoms with Gasteiger partial charge in [-0.2, -0.15) is 5.26 Å². The molecule has 0 aromatic heterocycles. The molecule has 0 aliphatic carbocycles. The van der Waals surface area contributed by atoms with Crippen molar-refractivity contribution in [1.82, 2.24) is 5.32 Å². The van der Waals surface area contributed by atoms with Crippen LogP contribution in [0.5, 0.6) is 0 Å². The monoisotopic (exact) mass is 558 g/mol. The van der Waals surface area contributed by atoms with Crippen molar-refractivity contribution >= 4 is 40.5 Å². The number of carbonyl (C=O) groups excluding carboxylic acids is 1. The zero-order valence-electron chi connectivity index (χ0n) is 21.4. The van der Waals surface area contributed by atoms with E-state index in [0.717, 1.165) is 0 Å². The van der Waals surface area contributed by atoms with Crippen LogP contribution in [-0.4, -0.2) is 11.9 Å². The van der Waals surface area contributed by atoms with Crippen molar-refractivity contribution in [3.8, 4) is 6.07 Å². The van der Waals surface area contributed by atoms with E-state index < -0.39 is 35.5 Å². The van der Waals surface area contributed by atoms with E-state index in [9.17, 15) is 10.1 Å². The largest absolute Gasteiger partial charge is 0.399 e. The fourth-order valence-corrected chi connectivity index (χ4v) is 4.69. The lowest BCUT2D eigenvalue weighted by molar-refractivity contribution is -0.119. The molecule has 0 bridgehead atoms. The molecule has 200 valence electrons. The molecule has 0 heterocycles. The van der Waals surface area contributed by atoms with Crippen LogP contribution in [0.1, 0.15) is 56.7 Å². The number of rotatable bonds is 9. The molecule has 3 atom stereocenters. The number of nitrogens with two attached hydrogens (primary N) is 1. The summed E-state index contributed by atoms with van der Waals surface area (Å²) in [6.07, 6.45) is 0.226. The lowest BCUT2D eigenvalue weighted by Crippen LogP contribution is -2.47. The highest BCUT2D eigenvalue weighted by atomic mass is 35.5. The second kappa shape index (κ2) is 12.6. The van der Waals surface area contributed by atoms with Crippen LogP contribution in [0, 0.1) is 28.4 Å². The van der Waals surface area contributed by atoms with Gasteiger partial charge in [-0.15, -0.1) is 0 Å². The maximum Gasteiger partial charge on any atom is 0.242 e. The first-order valence-electron chi connectivity index (χ1n) is 12.1. The molecule has 3 aromatic rings. The van der Waals surface area contributed by atoms with E-state index in [1.807, 2.05) is 20.8 Å². The summed E-state index contributed by atoms with van der Waals surface area (Å²) in [4.78, 5) is 13.8. The molecule has 5 nitrogen and oxygen atoms in total. The van der Waals surface area contributed by atoms with Crippen LogP contribution in [0.3, 0.4) is 0 Å². The van der Waals surface area contributed by atoms with Crippen molar-refractivity contribution in [1.29, 1.82) is 5.26 Å². The van der Waals surface area contributed by atoms with Gasteiger partial charge in [0.15, 0.2) is 0 Å². The number of halogens is 4. The summed E-state index contributed by atoms with van der Waals surface area (Å²) in [6.45, 7) is 5.97. The maximum atomic E-state index is 15.2. The van der Waals surface area contributed by atoms with E-state index >= 15 is 8.78 Å². The SMILES string of the molecule is CC(C)(C)CC(N[C@@H](C(=O)Nc1ccc(N)cc1)[C@@H](CC#N)c1cccc(Cl)c1F)c1ccc(Cl)cc1F. The summed E-state index contributed by atoms with van der Waals surface area (Å²) in [5.41, 5.74) is 6.87. The molecule has 1 amide bonds. The number of nitrogen functional groups attached to an aromatic ring is 1. The number of anilines is 2. The van der Waals surface area contributed by atoms with Crippen molar-refractivity contribution in [3.05, 3.63) is 93.5 Å². The third-order valence-electron chi connectivity index (χ3n) is 6.09. The van der Waals surface area contributed by atoms with Gasteiger partial charge >= 0.3 is 0 Å². The highest BCUT2D eigenvalue weighted by Crippen LogP contribution is 2.36. The number of nitrogens with one attached hydrogen (secondary N) is 2. The quantitative estimate of drug-likeness (QED) is 0.235. The number of benzene rings is 3. The average Bonchev–Trinajstić information content (AvgIpc) is 2.83. The van der Waals surface area contributed by atoms with E-state index in [0.29, 0.717) is 23.4 Å². The van der Waals surface area contributed by atoms with E-state index in [1.54, 1.807) is 42.5 Å². The van der Waals surface area contributed by atoms with E-state index in [1.165, 1.54) is 18.2 Å². The molecule has 3 rings (SSSR count). The minimum atomic E-state index is -1.14. The molecule has 1 unspecified atom stereocenters. The van der Waals surface area contributed by atoms with Crippen LogP contribution < -0.4 is 16.4 Å². The highest BCUT2D eigenvalue weighted by molar-refractivity contribution is 6.31. The summed E-state index contributed by atoms with van der Waals surface area (Å²) >= 11 is 12.1. The minimum Gasteiger partial charge on any atom is -0.399 e. The van der Waals surface area contributed by atoms with Crippen LogP contribution >= 0.6 is 23.2 Å². The molecular formula is C29H30Cl2F2N4O. The van der Waals surface area contributed by atoms with Gasteiger partial charge in [0.1, 0.15) is 11.6 Å². The molecule has 38 heavy (non-hydrogen) atoms. The zero-order chi connectivity index (χ0) is 28.0. The Morgan fingerprint density at radius 1 is 1.05 bits per heavy atom. The lowest BCUT2D eigenvalue weighted by Gasteiger charge is -2.34. The Hall–Kier alpha value is -3.18. The Labute approximate surface area is 231 Å². The summed E-state index contributed by atoms with van der Waals surface area (Å²) in [6, 6.07) is 15.6. The summed E-state index contributed by atoms with van der Waals surface area (Å²) in [5, 5.41) is 15.9. The molecule has 0 fully saturated rings. The van der Waals surface area contributed by atoms with Gasteiger partial charge in [0.2, 0.25) is 5.91 Å². The van der Waals surface area contributed by atoms with Crippen LogP contribution in [0.25, 0.3) is 0 Å². The molecule has 0 saturated carbocycles. The molecule has 9 heteroatoms. The average molecular weight is 559 g/mol. The van der Waals surface area contributed by atoms with Gasteiger partial charge in [-0.1, -0.05) is 62.2 Å². The predicted octanol–water partition coefficient (Wildman–Crippen LogP) is 7.63. The number of nitriles is 1. The number of nitrogens with zero attached hydrogens (tertiary/aromatic N) is 1. The van der Waals surface area contributed by atoms with Crippen LogP contribution in [0.2, 0.25) is 10.0 Å². The van der Waals surface area contributed by atoms with Gasteiger partial charge in [0.25, 0.3) is 0 Å². The third kappa shape index (κ3) is 7.67. The van der Waals surface area contributed by atoms with E-state index in [4.69, 9.17) is 28.9 Å². The van der Waals surface area contributed by atoms with Gasteiger partial charge in [-0.05, 0) is 59.9 Å². The molecule has 0 aliphatic heterocycles. The molecule has 0 saturated heterocycles. The van der Waals surface area contributed by atoms with E-state index in [-0.39, 0.29) is 27.4 Å². The second-order valence-corrected chi connectivity index (χ2v) is 11.2. The molecule has 4 N–H and O–H groups in total. The van der Waals surface area contributed by atoms with Gasteiger partial charge in [-0.3, -0.25) is 10.1 Å². The third-order valence-corrected chi connectivity index (χ3v) is 6.62. The van der Waals surface area contributed by atoms with Gasteiger partial charge < -0.3 is 11.1 Å².